The van der Waals surface area contributed by atoms with Crippen molar-refractivity contribution < 1.29 is 28.6 Å². The van der Waals surface area contributed by atoms with Gasteiger partial charge in [-0.3, -0.25) is 4.79 Å². The molecule has 178 valence electrons. The van der Waals surface area contributed by atoms with Crippen molar-refractivity contribution in [1.82, 2.24) is 10.6 Å². The summed E-state index contributed by atoms with van der Waals surface area (Å²) in [6.45, 7) is 3.95. The van der Waals surface area contributed by atoms with Crippen molar-refractivity contribution in [3.8, 4) is 5.75 Å². The van der Waals surface area contributed by atoms with E-state index in [4.69, 9.17) is 14.2 Å². The van der Waals surface area contributed by atoms with Gasteiger partial charge in [-0.1, -0.05) is 62.4 Å². The number of carbonyl (C=O) groups is 3. The van der Waals surface area contributed by atoms with E-state index in [1.807, 2.05) is 62.4 Å². The second kappa shape index (κ2) is 13.1. The zero-order valence-corrected chi connectivity index (χ0v) is 19.5. The van der Waals surface area contributed by atoms with Gasteiger partial charge in [0.05, 0.1) is 14.2 Å². The molecule has 0 spiro atoms. The van der Waals surface area contributed by atoms with Gasteiger partial charge in [-0.15, -0.1) is 0 Å². The minimum atomic E-state index is -0.949. The van der Waals surface area contributed by atoms with E-state index in [1.165, 1.54) is 14.2 Å². The van der Waals surface area contributed by atoms with Crippen LogP contribution in [0.3, 0.4) is 0 Å². The van der Waals surface area contributed by atoms with Crippen molar-refractivity contribution in [1.29, 1.82) is 0 Å². The molecule has 2 rings (SSSR count). The quantitative estimate of drug-likeness (QED) is 0.503. The lowest BCUT2D eigenvalue weighted by Crippen LogP contribution is -2.53. The number of hydrogen-bond acceptors (Lipinski definition) is 6. The minimum absolute atomic E-state index is 0.0846. The van der Waals surface area contributed by atoms with Gasteiger partial charge >= 0.3 is 12.1 Å². The van der Waals surface area contributed by atoms with E-state index in [2.05, 4.69) is 10.6 Å². The highest BCUT2D eigenvalue weighted by molar-refractivity contribution is 5.89. The minimum Gasteiger partial charge on any atom is -0.496 e. The number of alkyl carbamates (subject to hydrolysis) is 1. The van der Waals surface area contributed by atoms with Crippen molar-refractivity contribution in [2.45, 2.75) is 45.4 Å². The van der Waals surface area contributed by atoms with Crippen LogP contribution in [0.5, 0.6) is 5.75 Å². The van der Waals surface area contributed by atoms with Gasteiger partial charge in [-0.2, -0.15) is 0 Å². The standard InChI is InChI=1S/C25H32N2O6/c1-17(2)14-20(27-25(30)33-16-18-10-6-5-7-11-18)23(28)26-21(24(29)32-4)15-19-12-8-9-13-22(19)31-3/h5-13,17,20-21H,14-16H2,1-4H3,(H,26,28)(H,27,30)/t20-,21+/m0/s1. The van der Waals surface area contributed by atoms with Crippen LogP contribution in [0.15, 0.2) is 54.6 Å². The molecule has 0 fully saturated rings. The first kappa shape index (κ1) is 25.7. The van der Waals surface area contributed by atoms with E-state index in [-0.39, 0.29) is 18.9 Å². The smallest absolute Gasteiger partial charge is 0.408 e. The summed E-state index contributed by atoms with van der Waals surface area (Å²) in [5, 5.41) is 5.33. The zero-order chi connectivity index (χ0) is 24.2. The van der Waals surface area contributed by atoms with E-state index in [9.17, 15) is 14.4 Å². The molecule has 0 aromatic heterocycles. The fourth-order valence-electron chi connectivity index (χ4n) is 3.31. The first-order valence-electron chi connectivity index (χ1n) is 10.8. The lowest BCUT2D eigenvalue weighted by molar-refractivity contribution is -0.145. The van der Waals surface area contributed by atoms with Crippen LogP contribution in [0.25, 0.3) is 0 Å². The molecule has 8 nitrogen and oxygen atoms in total. The molecule has 2 amide bonds. The lowest BCUT2D eigenvalue weighted by Gasteiger charge is -2.23. The molecule has 2 atom stereocenters. The van der Waals surface area contributed by atoms with Crippen LogP contribution >= 0.6 is 0 Å². The molecule has 0 aliphatic rings. The van der Waals surface area contributed by atoms with Gasteiger partial charge in [0.25, 0.3) is 0 Å². The number of carbonyl (C=O) groups excluding carboxylic acids is 3. The third-order valence-electron chi connectivity index (χ3n) is 4.95. The first-order valence-corrected chi connectivity index (χ1v) is 10.8. The molecule has 0 heterocycles. The summed E-state index contributed by atoms with van der Waals surface area (Å²) < 4.78 is 15.5. The van der Waals surface area contributed by atoms with Gasteiger partial charge in [0, 0.05) is 6.42 Å². The van der Waals surface area contributed by atoms with Gasteiger partial charge in [0.1, 0.15) is 24.4 Å². The van der Waals surface area contributed by atoms with Crippen molar-refractivity contribution in [3.05, 3.63) is 65.7 Å². The SMILES string of the molecule is COC(=O)[C@@H](Cc1ccccc1OC)NC(=O)[C@H](CC(C)C)NC(=O)OCc1ccccc1. The molecule has 0 saturated heterocycles. The van der Waals surface area contributed by atoms with Crippen LogP contribution in [-0.4, -0.2) is 44.3 Å². The van der Waals surface area contributed by atoms with E-state index < -0.39 is 30.1 Å². The van der Waals surface area contributed by atoms with E-state index in [0.717, 1.165) is 11.1 Å². The van der Waals surface area contributed by atoms with Crippen LogP contribution in [0.4, 0.5) is 4.79 Å². The molecule has 2 N–H and O–H groups in total. The maximum Gasteiger partial charge on any atom is 0.408 e. The normalized spacial score (nSPS) is 12.4. The zero-order valence-electron chi connectivity index (χ0n) is 19.5. The summed E-state index contributed by atoms with van der Waals surface area (Å²) >= 11 is 0. The van der Waals surface area contributed by atoms with Gasteiger partial charge in [-0.25, -0.2) is 9.59 Å². The maximum atomic E-state index is 13.0. The molecule has 0 unspecified atom stereocenters. The Balaban J connectivity index is 2.07. The third-order valence-corrected chi connectivity index (χ3v) is 4.95. The fourth-order valence-corrected chi connectivity index (χ4v) is 3.31. The molecule has 2 aromatic rings. The number of rotatable bonds is 11. The number of benzene rings is 2. The molecule has 2 aromatic carbocycles. The summed E-state index contributed by atoms with van der Waals surface area (Å²) in [5.74, 6) is -0.377. The van der Waals surface area contributed by atoms with Gasteiger partial charge in [0.2, 0.25) is 5.91 Å². The summed E-state index contributed by atoms with van der Waals surface area (Å²) in [6, 6.07) is 14.6. The highest BCUT2D eigenvalue weighted by Gasteiger charge is 2.29. The Bertz CT molecular complexity index is 916. The number of amides is 2. The molecule has 0 bridgehead atoms. The molecule has 0 aliphatic carbocycles. The van der Waals surface area contributed by atoms with Crippen molar-refractivity contribution >= 4 is 18.0 Å². The van der Waals surface area contributed by atoms with Crippen molar-refractivity contribution in [2.24, 2.45) is 5.92 Å². The predicted molar refractivity (Wildman–Crippen MR) is 124 cm³/mol. The number of hydrogen-bond donors (Lipinski definition) is 2. The molecular weight excluding hydrogens is 424 g/mol. The average Bonchev–Trinajstić information content (AvgIpc) is 2.82. The molecule has 0 radical (unpaired) electrons. The largest absolute Gasteiger partial charge is 0.496 e. The Kier molecular flexibility index (Phi) is 10.2. The first-order chi connectivity index (χ1) is 15.8. The number of esters is 1. The van der Waals surface area contributed by atoms with Gasteiger partial charge in [0.15, 0.2) is 0 Å². The number of para-hydroxylation sites is 1. The Hall–Kier alpha value is -3.55. The van der Waals surface area contributed by atoms with Crippen LogP contribution in [0, 0.1) is 5.92 Å². The van der Waals surface area contributed by atoms with Gasteiger partial charge in [-0.05, 0) is 29.5 Å². The Morgan fingerprint density at radius 2 is 1.55 bits per heavy atom. The molecule has 0 aliphatic heterocycles. The highest BCUT2D eigenvalue weighted by atomic mass is 16.5. The van der Waals surface area contributed by atoms with Crippen LogP contribution in [-0.2, 0) is 32.1 Å². The predicted octanol–water partition coefficient (Wildman–Crippen LogP) is 3.24. The van der Waals surface area contributed by atoms with E-state index in [0.29, 0.717) is 12.2 Å². The van der Waals surface area contributed by atoms with Crippen molar-refractivity contribution in [2.75, 3.05) is 14.2 Å². The second-order valence-corrected chi connectivity index (χ2v) is 7.99. The highest BCUT2D eigenvalue weighted by Crippen LogP contribution is 2.19. The van der Waals surface area contributed by atoms with Crippen LogP contribution < -0.4 is 15.4 Å². The Morgan fingerprint density at radius 1 is 0.879 bits per heavy atom. The Morgan fingerprint density at radius 3 is 2.18 bits per heavy atom. The molecular formula is C25H32N2O6. The van der Waals surface area contributed by atoms with E-state index in [1.54, 1.807) is 6.07 Å². The summed E-state index contributed by atoms with van der Waals surface area (Å²) in [4.78, 5) is 37.8. The number of ether oxygens (including phenoxy) is 3. The Labute approximate surface area is 194 Å². The van der Waals surface area contributed by atoms with Gasteiger partial charge < -0.3 is 24.8 Å². The summed E-state index contributed by atoms with van der Waals surface area (Å²) in [6.07, 6.45) is -0.164. The summed E-state index contributed by atoms with van der Waals surface area (Å²) in [5.41, 5.74) is 1.58. The number of methoxy groups -OCH3 is 2. The molecule has 33 heavy (non-hydrogen) atoms. The monoisotopic (exact) mass is 456 g/mol. The van der Waals surface area contributed by atoms with E-state index >= 15 is 0 Å². The second-order valence-electron chi connectivity index (χ2n) is 7.99. The topological polar surface area (TPSA) is 103 Å². The van der Waals surface area contributed by atoms with Crippen LogP contribution in [0.2, 0.25) is 0 Å². The number of nitrogens with one attached hydrogen (secondary N) is 2. The maximum absolute atomic E-state index is 13.0. The van der Waals surface area contributed by atoms with Crippen LogP contribution in [0.1, 0.15) is 31.4 Å². The fraction of sp³-hybridized carbons (Fsp3) is 0.400. The third kappa shape index (κ3) is 8.48. The lowest BCUT2D eigenvalue weighted by atomic mass is 10.0. The average molecular weight is 457 g/mol. The summed E-state index contributed by atoms with van der Waals surface area (Å²) in [7, 11) is 2.79. The molecule has 8 heteroatoms. The van der Waals surface area contributed by atoms with Crippen molar-refractivity contribution in [3.63, 3.8) is 0 Å². The molecule has 0 saturated carbocycles.